The van der Waals surface area contributed by atoms with Crippen LogP contribution in [0.4, 0.5) is 0 Å². The van der Waals surface area contributed by atoms with Crippen LogP contribution in [0.25, 0.3) is 0 Å². The Kier molecular flexibility index (Phi) is 6.56. The number of benzene rings is 2. The first-order valence-electron chi connectivity index (χ1n) is 7.43. The van der Waals surface area contributed by atoms with E-state index in [1.807, 2.05) is 24.3 Å². The summed E-state index contributed by atoms with van der Waals surface area (Å²) < 4.78 is 0. The van der Waals surface area contributed by atoms with E-state index in [9.17, 15) is 0 Å². The van der Waals surface area contributed by atoms with Crippen molar-refractivity contribution in [3.05, 3.63) is 69.7 Å². The number of aryl methyl sites for hydroxylation is 1. The van der Waals surface area contributed by atoms with Gasteiger partial charge in [-0.05, 0) is 43.5 Å². The van der Waals surface area contributed by atoms with Gasteiger partial charge >= 0.3 is 0 Å². The zero-order chi connectivity index (χ0) is 15.1. The third-order valence-electron chi connectivity index (χ3n) is 3.55. The molecular formula is C18H21Cl2N. The highest BCUT2D eigenvalue weighted by Gasteiger charge is 2.17. The Morgan fingerprint density at radius 2 is 1.62 bits per heavy atom. The minimum Gasteiger partial charge on any atom is -0.310 e. The average Bonchev–Trinajstić information content (AvgIpc) is 2.50. The van der Waals surface area contributed by atoms with E-state index in [0.29, 0.717) is 0 Å². The van der Waals surface area contributed by atoms with Crippen molar-refractivity contribution in [1.29, 1.82) is 0 Å². The molecule has 0 radical (unpaired) electrons. The van der Waals surface area contributed by atoms with Crippen molar-refractivity contribution in [3.63, 3.8) is 0 Å². The van der Waals surface area contributed by atoms with Gasteiger partial charge in [-0.25, -0.2) is 0 Å². The standard InChI is InChI=1S/C18H21Cl2N/c1-2-13-21-17(12-11-14-7-4-3-5-8-14)18-15(19)9-6-10-16(18)20/h3-10,17,21H,2,11-13H2,1H3. The second-order valence-corrected chi connectivity index (χ2v) is 5.98. The molecule has 2 aromatic rings. The Labute approximate surface area is 137 Å². The minimum absolute atomic E-state index is 0.186. The molecule has 2 rings (SSSR count). The van der Waals surface area contributed by atoms with Crippen LogP contribution in [0.2, 0.25) is 10.0 Å². The first-order valence-corrected chi connectivity index (χ1v) is 8.19. The van der Waals surface area contributed by atoms with E-state index in [-0.39, 0.29) is 6.04 Å². The molecule has 0 spiro atoms. The number of rotatable bonds is 7. The van der Waals surface area contributed by atoms with E-state index in [2.05, 4.69) is 36.5 Å². The molecule has 0 saturated carbocycles. The molecule has 0 fully saturated rings. The SMILES string of the molecule is CCCNC(CCc1ccccc1)c1c(Cl)cccc1Cl. The monoisotopic (exact) mass is 321 g/mol. The Morgan fingerprint density at radius 3 is 2.24 bits per heavy atom. The molecule has 0 aliphatic heterocycles. The van der Waals surface area contributed by atoms with Gasteiger partial charge in [0.25, 0.3) is 0 Å². The average molecular weight is 322 g/mol. The second kappa shape index (κ2) is 8.43. The van der Waals surface area contributed by atoms with Gasteiger partial charge in [0.1, 0.15) is 0 Å². The van der Waals surface area contributed by atoms with Crippen LogP contribution in [0.1, 0.15) is 36.9 Å². The minimum atomic E-state index is 0.186. The number of hydrogen-bond acceptors (Lipinski definition) is 1. The number of nitrogens with one attached hydrogen (secondary N) is 1. The molecule has 1 N–H and O–H groups in total. The highest BCUT2D eigenvalue weighted by Crippen LogP contribution is 2.32. The predicted octanol–water partition coefficient (Wildman–Crippen LogP) is 5.67. The van der Waals surface area contributed by atoms with E-state index < -0.39 is 0 Å². The molecular weight excluding hydrogens is 301 g/mol. The first-order chi connectivity index (χ1) is 10.2. The molecule has 112 valence electrons. The van der Waals surface area contributed by atoms with Crippen LogP contribution in [-0.2, 0) is 6.42 Å². The summed E-state index contributed by atoms with van der Waals surface area (Å²) in [6.07, 6.45) is 3.07. The fraction of sp³-hybridized carbons (Fsp3) is 0.333. The van der Waals surface area contributed by atoms with Gasteiger partial charge in [0.05, 0.1) is 0 Å². The van der Waals surface area contributed by atoms with Crippen molar-refractivity contribution in [2.45, 2.75) is 32.2 Å². The summed E-state index contributed by atoms with van der Waals surface area (Å²) in [5, 5.41) is 5.05. The first kappa shape index (κ1) is 16.4. The maximum atomic E-state index is 6.36. The van der Waals surface area contributed by atoms with Crippen LogP contribution in [0.5, 0.6) is 0 Å². The van der Waals surface area contributed by atoms with Gasteiger partial charge in [-0.3, -0.25) is 0 Å². The smallest absolute Gasteiger partial charge is 0.0468 e. The molecule has 0 aliphatic rings. The third kappa shape index (κ3) is 4.74. The van der Waals surface area contributed by atoms with Crippen molar-refractivity contribution < 1.29 is 0 Å². The van der Waals surface area contributed by atoms with Gasteiger partial charge in [-0.2, -0.15) is 0 Å². The van der Waals surface area contributed by atoms with E-state index in [0.717, 1.165) is 41.4 Å². The summed E-state index contributed by atoms with van der Waals surface area (Å²) >= 11 is 12.7. The Balaban J connectivity index is 2.14. The fourth-order valence-electron chi connectivity index (χ4n) is 2.47. The molecule has 0 amide bonds. The molecule has 2 aromatic carbocycles. The Morgan fingerprint density at radius 1 is 0.952 bits per heavy atom. The Hall–Kier alpha value is -1.02. The summed E-state index contributed by atoms with van der Waals surface area (Å²) in [6.45, 7) is 3.12. The highest BCUT2D eigenvalue weighted by atomic mass is 35.5. The molecule has 0 bridgehead atoms. The largest absolute Gasteiger partial charge is 0.310 e. The maximum absolute atomic E-state index is 6.36. The van der Waals surface area contributed by atoms with Crippen LogP contribution < -0.4 is 5.32 Å². The molecule has 1 unspecified atom stereocenters. The zero-order valence-electron chi connectivity index (χ0n) is 12.3. The maximum Gasteiger partial charge on any atom is 0.0468 e. The van der Waals surface area contributed by atoms with E-state index in [1.165, 1.54) is 5.56 Å². The van der Waals surface area contributed by atoms with Crippen molar-refractivity contribution >= 4 is 23.2 Å². The van der Waals surface area contributed by atoms with E-state index in [4.69, 9.17) is 23.2 Å². The van der Waals surface area contributed by atoms with Crippen molar-refractivity contribution in [2.75, 3.05) is 6.54 Å². The summed E-state index contributed by atoms with van der Waals surface area (Å²) in [5.74, 6) is 0. The second-order valence-electron chi connectivity index (χ2n) is 5.17. The highest BCUT2D eigenvalue weighted by molar-refractivity contribution is 6.36. The normalized spacial score (nSPS) is 12.3. The number of hydrogen-bond donors (Lipinski definition) is 1. The van der Waals surface area contributed by atoms with E-state index >= 15 is 0 Å². The molecule has 1 nitrogen and oxygen atoms in total. The van der Waals surface area contributed by atoms with Crippen LogP contribution in [0.3, 0.4) is 0 Å². The molecule has 0 heterocycles. The van der Waals surface area contributed by atoms with Crippen molar-refractivity contribution in [1.82, 2.24) is 5.32 Å². The molecule has 21 heavy (non-hydrogen) atoms. The summed E-state index contributed by atoms with van der Waals surface area (Å²) in [4.78, 5) is 0. The van der Waals surface area contributed by atoms with Crippen LogP contribution in [0, 0.1) is 0 Å². The van der Waals surface area contributed by atoms with E-state index in [1.54, 1.807) is 0 Å². The van der Waals surface area contributed by atoms with Crippen LogP contribution in [-0.4, -0.2) is 6.54 Å². The summed E-state index contributed by atoms with van der Waals surface area (Å²) in [6, 6.07) is 16.4. The van der Waals surface area contributed by atoms with Gasteiger partial charge in [-0.1, -0.05) is 66.5 Å². The summed E-state index contributed by atoms with van der Waals surface area (Å²) in [7, 11) is 0. The molecule has 0 saturated heterocycles. The lowest BCUT2D eigenvalue weighted by Gasteiger charge is -2.21. The molecule has 0 aromatic heterocycles. The van der Waals surface area contributed by atoms with Gasteiger partial charge in [0.2, 0.25) is 0 Å². The topological polar surface area (TPSA) is 12.0 Å². The van der Waals surface area contributed by atoms with Gasteiger partial charge in [-0.15, -0.1) is 0 Å². The Bertz CT molecular complexity index is 534. The van der Waals surface area contributed by atoms with Crippen LogP contribution in [0.15, 0.2) is 48.5 Å². The summed E-state index contributed by atoms with van der Waals surface area (Å²) in [5.41, 5.74) is 2.36. The number of halogens is 2. The fourth-order valence-corrected chi connectivity index (χ4v) is 3.13. The molecule has 0 aliphatic carbocycles. The lowest BCUT2D eigenvalue weighted by atomic mass is 9.98. The third-order valence-corrected chi connectivity index (χ3v) is 4.21. The molecule has 3 heteroatoms. The quantitative estimate of drug-likeness (QED) is 0.693. The van der Waals surface area contributed by atoms with Gasteiger partial charge < -0.3 is 5.32 Å². The van der Waals surface area contributed by atoms with Crippen LogP contribution >= 0.6 is 23.2 Å². The molecule has 1 atom stereocenters. The zero-order valence-corrected chi connectivity index (χ0v) is 13.8. The van der Waals surface area contributed by atoms with Crippen molar-refractivity contribution in [2.24, 2.45) is 0 Å². The lowest BCUT2D eigenvalue weighted by Crippen LogP contribution is -2.23. The van der Waals surface area contributed by atoms with Gasteiger partial charge in [0, 0.05) is 21.7 Å². The lowest BCUT2D eigenvalue weighted by molar-refractivity contribution is 0.499. The van der Waals surface area contributed by atoms with Gasteiger partial charge in [0.15, 0.2) is 0 Å². The van der Waals surface area contributed by atoms with Crippen molar-refractivity contribution in [3.8, 4) is 0 Å². The predicted molar refractivity (Wildman–Crippen MR) is 92.3 cm³/mol.